The van der Waals surface area contributed by atoms with Crippen molar-refractivity contribution in [1.82, 2.24) is 10.2 Å². The molecule has 5 nitrogen and oxygen atoms in total. The first-order valence-electron chi connectivity index (χ1n) is 7.38. The summed E-state index contributed by atoms with van der Waals surface area (Å²) in [5.41, 5.74) is 1.14. The third-order valence-electron chi connectivity index (χ3n) is 4.04. The predicted molar refractivity (Wildman–Crippen MR) is 83.4 cm³/mol. The van der Waals surface area contributed by atoms with Crippen LogP contribution in [0.4, 0.5) is 0 Å². The fourth-order valence-corrected chi connectivity index (χ4v) is 3.04. The number of ether oxygens (including phenoxy) is 3. The third kappa shape index (κ3) is 3.60. The molecule has 1 fully saturated rings. The second-order valence-corrected chi connectivity index (χ2v) is 5.44. The molecular formula is C16H26N2O3. The van der Waals surface area contributed by atoms with Gasteiger partial charge in [0.1, 0.15) is 0 Å². The van der Waals surface area contributed by atoms with Crippen LogP contribution in [0, 0.1) is 5.92 Å². The summed E-state index contributed by atoms with van der Waals surface area (Å²) in [6.07, 6.45) is 1.25. The normalized spacial score (nSPS) is 18.8. The van der Waals surface area contributed by atoms with E-state index in [2.05, 4.69) is 16.3 Å². The number of hydrogen-bond donors (Lipinski definition) is 1. The van der Waals surface area contributed by atoms with Crippen molar-refractivity contribution < 1.29 is 14.2 Å². The van der Waals surface area contributed by atoms with Crippen LogP contribution in [0.25, 0.3) is 0 Å². The largest absolute Gasteiger partial charge is 0.493 e. The molecule has 0 radical (unpaired) electrons. The predicted octanol–water partition coefficient (Wildman–Crippen LogP) is 1.75. The molecule has 5 heteroatoms. The van der Waals surface area contributed by atoms with Crippen LogP contribution in [0.3, 0.4) is 0 Å². The number of likely N-dealkylation sites (tertiary alicyclic amines) is 1. The second kappa shape index (κ2) is 7.52. The van der Waals surface area contributed by atoms with Crippen molar-refractivity contribution in [2.75, 3.05) is 48.0 Å². The molecule has 0 bridgehead atoms. The maximum atomic E-state index is 5.55. The van der Waals surface area contributed by atoms with Crippen LogP contribution in [-0.2, 0) is 6.54 Å². The van der Waals surface area contributed by atoms with Gasteiger partial charge in [-0.25, -0.2) is 0 Å². The highest BCUT2D eigenvalue weighted by molar-refractivity contribution is 5.55. The molecule has 1 atom stereocenters. The fourth-order valence-electron chi connectivity index (χ4n) is 3.04. The van der Waals surface area contributed by atoms with Gasteiger partial charge >= 0.3 is 0 Å². The van der Waals surface area contributed by atoms with Crippen LogP contribution in [0.2, 0.25) is 0 Å². The number of benzene rings is 1. The van der Waals surface area contributed by atoms with Crippen LogP contribution < -0.4 is 19.5 Å². The lowest BCUT2D eigenvalue weighted by atomic mass is 10.1. The molecule has 1 aliphatic heterocycles. The zero-order valence-corrected chi connectivity index (χ0v) is 13.4. The minimum absolute atomic E-state index is 0.670. The van der Waals surface area contributed by atoms with Gasteiger partial charge in [-0.05, 0) is 38.5 Å². The summed E-state index contributed by atoms with van der Waals surface area (Å²) in [5.74, 6) is 2.88. The summed E-state index contributed by atoms with van der Waals surface area (Å²) in [6, 6.07) is 4.00. The van der Waals surface area contributed by atoms with E-state index in [0.717, 1.165) is 43.4 Å². The van der Waals surface area contributed by atoms with E-state index < -0.39 is 0 Å². The van der Waals surface area contributed by atoms with Gasteiger partial charge in [0.05, 0.1) is 21.3 Å². The standard InChI is InChI=1S/C16H26N2O3/c1-17-9-12-7-8-18(10-12)11-13-5-6-14(19-2)16(21-4)15(13)20-3/h5-6,12,17H,7-11H2,1-4H3. The van der Waals surface area contributed by atoms with Gasteiger partial charge in [0.2, 0.25) is 5.75 Å². The van der Waals surface area contributed by atoms with Crippen molar-refractivity contribution in [2.24, 2.45) is 5.92 Å². The monoisotopic (exact) mass is 294 g/mol. The Morgan fingerprint density at radius 1 is 1.14 bits per heavy atom. The zero-order chi connectivity index (χ0) is 15.2. The highest BCUT2D eigenvalue weighted by atomic mass is 16.5. The van der Waals surface area contributed by atoms with Gasteiger partial charge in [0.15, 0.2) is 11.5 Å². The Morgan fingerprint density at radius 2 is 1.90 bits per heavy atom. The molecule has 0 aliphatic carbocycles. The Hall–Kier alpha value is -1.46. The van der Waals surface area contributed by atoms with E-state index in [9.17, 15) is 0 Å². The zero-order valence-electron chi connectivity index (χ0n) is 13.4. The maximum Gasteiger partial charge on any atom is 0.203 e. The molecule has 1 aromatic carbocycles. The highest BCUT2D eigenvalue weighted by Crippen LogP contribution is 2.40. The quantitative estimate of drug-likeness (QED) is 0.830. The van der Waals surface area contributed by atoms with Crippen molar-refractivity contribution >= 4 is 0 Å². The summed E-state index contributed by atoms with van der Waals surface area (Å²) in [5, 5.41) is 3.26. The van der Waals surface area contributed by atoms with Gasteiger partial charge in [-0.3, -0.25) is 4.90 Å². The Bertz CT molecular complexity index is 465. The van der Waals surface area contributed by atoms with Gasteiger partial charge in [0, 0.05) is 18.7 Å². The lowest BCUT2D eigenvalue weighted by molar-refractivity contribution is 0.295. The summed E-state index contributed by atoms with van der Waals surface area (Å²) in [6.45, 7) is 4.21. The van der Waals surface area contributed by atoms with Gasteiger partial charge in [-0.1, -0.05) is 6.07 Å². The maximum absolute atomic E-state index is 5.55. The first-order valence-corrected chi connectivity index (χ1v) is 7.38. The molecule has 1 heterocycles. The van der Waals surface area contributed by atoms with E-state index >= 15 is 0 Å². The van der Waals surface area contributed by atoms with Crippen LogP contribution >= 0.6 is 0 Å². The van der Waals surface area contributed by atoms with Crippen molar-refractivity contribution in [3.05, 3.63) is 17.7 Å². The summed E-state index contributed by atoms with van der Waals surface area (Å²) >= 11 is 0. The van der Waals surface area contributed by atoms with Crippen LogP contribution in [-0.4, -0.2) is 52.9 Å². The first-order chi connectivity index (χ1) is 10.2. The molecule has 0 amide bonds. The average molecular weight is 294 g/mol. The number of hydrogen-bond acceptors (Lipinski definition) is 5. The summed E-state index contributed by atoms with van der Waals surface area (Å²) < 4.78 is 16.3. The Morgan fingerprint density at radius 3 is 2.52 bits per heavy atom. The summed E-state index contributed by atoms with van der Waals surface area (Å²) in [4.78, 5) is 2.46. The molecule has 1 unspecified atom stereocenters. The molecule has 2 rings (SSSR count). The lowest BCUT2D eigenvalue weighted by Crippen LogP contribution is -2.24. The Labute approximate surface area is 127 Å². The minimum atomic E-state index is 0.670. The van der Waals surface area contributed by atoms with Crippen molar-refractivity contribution in [3.63, 3.8) is 0 Å². The average Bonchev–Trinajstić information content (AvgIpc) is 2.94. The molecule has 1 N–H and O–H groups in total. The van der Waals surface area contributed by atoms with Crippen LogP contribution in [0.5, 0.6) is 17.2 Å². The fraction of sp³-hybridized carbons (Fsp3) is 0.625. The number of methoxy groups -OCH3 is 3. The molecule has 21 heavy (non-hydrogen) atoms. The van der Waals surface area contributed by atoms with Crippen LogP contribution in [0.15, 0.2) is 12.1 Å². The van der Waals surface area contributed by atoms with Gasteiger partial charge in [-0.15, -0.1) is 0 Å². The van der Waals surface area contributed by atoms with Gasteiger partial charge in [0.25, 0.3) is 0 Å². The smallest absolute Gasteiger partial charge is 0.203 e. The van der Waals surface area contributed by atoms with E-state index in [4.69, 9.17) is 14.2 Å². The molecule has 1 saturated heterocycles. The summed E-state index contributed by atoms with van der Waals surface area (Å²) in [7, 11) is 6.97. The lowest BCUT2D eigenvalue weighted by Gasteiger charge is -2.20. The number of rotatable bonds is 7. The Balaban J connectivity index is 2.13. The molecule has 118 valence electrons. The molecule has 0 aromatic heterocycles. The van der Waals surface area contributed by atoms with Gasteiger partial charge in [-0.2, -0.15) is 0 Å². The van der Waals surface area contributed by atoms with Crippen molar-refractivity contribution in [1.29, 1.82) is 0 Å². The van der Waals surface area contributed by atoms with Crippen molar-refractivity contribution in [3.8, 4) is 17.2 Å². The van der Waals surface area contributed by atoms with Crippen LogP contribution in [0.1, 0.15) is 12.0 Å². The molecular weight excluding hydrogens is 268 g/mol. The number of nitrogens with one attached hydrogen (secondary N) is 1. The van der Waals surface area contributed by atoms with E-state index in [1.54, 1.807) is 21.3 Å². The van der Waals surface area contributed by atoms with E-state index in [1.807, 2.05) is 13.1 Å². The topological polar surface area (TPSA) is 43.0 Å². The van der Waals surface area contributed by atoms with E-state index in [1.165, 1.54) is 6.42 Å². The SMILES string of the molecule is CNCC1CCN(Cc2ccc(OC)c(OC)c2OC)C1. The third-order valence-corrected chi connectivity index (χ3v) is 4.04. The highest BCUT2D eigenvalue weighted by Gasteiger charge is 2.24. The molecule has 1 aromatic rings. The van der Waals surface area contributed by atoms with E-state index in [-0.39, 0.29) is 0 Å². The van der Waals surface area contributed by atoms with E-state index in [0.29, 0.717) is 11.5 Å². The van der Waals surface area contributed by atoms with Gasteiger partial charge < -0.3 is 19.5 Å². The molecule has 0 spiro atoms. The molecule has 1 aliphatic rings. The second-order valence-electron chi connectivity index (χ2n) is 5.44. The Kier molecular flexibility index (Phi) is 5.70. The number of nitrogens with zero attached hydrogens (tertiary/aromatic N) is 1. The van der Waals surface area contributed by atoms with Crippen molar-refractivity contribution in [2.45, 2.75) is 13.0 Å². The molecule has 0 saturated carbocycles. The minimum Gasteiger partial charge on any atom is -0.493 e. The first kappa shape index (κ1) is 15.9.